The fourth-order valence-corrected chi connectivity index (χ4v) is 3.09. The van der Waals surface area contributed by atoms with Crippen molar-refractivity contribution in [1.82, 2.24) is 5.32 Å². The van der Waals surface area contributed by atoms with Gasteiger partial charge in [0.05, 0.1) is 0 Å². The quantitative estimate of drug-likeness (QED) is 0.831. The van der Waals surface area contributed by atoms with Crippen molar-refractivity contribution < 1.29 is 0 Å². The summed E-state index contributed by atoms with van der Waals surface area (Å²) in [6.45, 7) is 5.79. The Morgan fingerprint density at radius 2 is 2.12 bits per heavy atom. The van der Waals surface area contributed by atoms with Crippen LogP contribution in [0.15, 0.2) is 18.2 Å². The Kier molecular flexibility index (Phi) is 2.96. The van der Waals surface area contributed by atoms with Gasteiger partial charge in [0.1, 0.15) is 0 Å². The van der Waals surface area contributed by atoms with E-state index in [2.05, 4.69) is 37.4 Å². The summed E-state index contributed by atoms with van der Waals surface area (Å²) in [5.74, 6) is 1.88. The molecule has 2 aliphatic carbocycles. The van der Waals surface area contributed by atoms with Crippen LogP contribution in [0.4, 0.5) is 0 Å². The highest BCUT2D eigenvalue weighted by Crippen LogP contribution is 2.37. The molecule has 1 N–H and O–H groups in total. The van der Waals surface area contributed by atoms with Crippen molar-refractivity contribution in [3.8, 4) is 0 Å². The van der Waals surface area contributed by atoms with Gasteiger partial charge in [0.2, 0.25) is 0 Å². The Morgan fingerprint density at radius 3 is 2.88 bits per heavy atom. The summed E-state index contributed by atoms with van der Waals surface area (Å²) in [5.41, 5.74) is 4.52. The number of fused-ring (bicyclic) bond motifs is 1. The van der Waals surface area contributed by atoms with Crippen molar-refractivity contribution in [3.63, 3.8) is 0 Å². The van der Waals surface area contributed by atoms with Crippen molar-refractivity contribution >= 4 is 0 Å². The number of hydrogen-bond donors (Lipinski definition) is 1. The summed E-state index contributed by atoms with van der Waals surface area (Å²) in [7, 11) is 0. The van der Waals surface area contributed by atoms with Crippen LogP contribution in [-0.2, 0) is 6.42 Å². The molecule has 3 rings (SSSR count). The summed E-state index contributed by atoms with van der Waals surface area (Å²) < 4.78 is 0. The molecule has 0 aliphatic heterocycles. The molecule has 1 aromatic carbocycles. The number of benzene rings is 1. The van der Waals surface area contributed by atoms with E-state index in [9.17, 15) is 0 Å². The van der Waals surface area contributed by atoms with E-state index in [0.717, 1.165) is 11.8 Å². The lowest BCUT2D eigenvalue weighted by molar-refractivity contribution is 0.418. The van der Waals surface area contributed by atoms with E-state index in [1.807, 2.05) is 0 Å². The van der Waals surface area contributed by atoms with Crippen LogP contribution in [0.2, 0.25) is 0 Å². The molecule has 0 aromatic heterocycles. The Morgan fingerprint density at radius 1 is 1.29 bits per heavy atom. The summed E-state index contributed by atoms with van der Waals surface area (Å²) >= 11 is 0. The second kappa shape index (κ2) is 4.45. The Hall–Kier alpha value is -0.820. The van der Waals surface area contributed by atoms with Gasteiger partial charge in [0.15, 0.2) is 0 Å². The van der Waals surface area contributed by atoms with E-state index < -0.39 is 0 Å². The molecule has 0 saturated heterocycles. The monoisotopic (exact) mass is 229 g/mol. The minimum Gasteiger partial charge on any atom is -0.310 e. The lowest BCUT2D eigenvalue weighted by atomic mass is 10.0. The molecule has 0 radical (unpaired) electrons. The summed E-state index contributed by atoms with van der Waals surface area (Å²) in [4.78, 5) is 0. The van der Waals surface area contributed by atoms with Crippen LogP contribution in [0.3, 0.4) is 0 Å². The number of hydrogen-bond acceptors (Lipinski definition) is 1. The van der Waals surface area contributed by atoms with Crippen molar-refractivity contribution in [2.24, 2.45) is 11.8 Å². The first-order chi connectivity index (χ1) is 8.24. The van der Waals surface area contributed by atoms with Crippen molar-refractivity contribution in [2.45, 2.75) is 45.6 Å². The third-order valence-corrected chi connectivity index (χ3v) is 4.49. The zero-order valence-corrected chi connectivity index (χ0v) is 11.0. The second-order valence-electron chi connectivity index (χ2n) is 6.02. The minimum atomic E-state index is 0.617. The fourth-order valence-electron chi connectivity index (χ4n) is 3.09. The summed E-state index contributed by atoms with van der Waals surface area (Å²) in [5, 5.41) is 3.79. The van der Waals surface area contributed by atoms with Gasteiger partial charge in [-0.1, -0.05) is 30.7 Å². The zero-order chi connectivity index (χ0) is 11.8. The molecule has 2 unspecified atom stereocenters. The van der Waals surface area contributed by atoms with E-state index in [1.54, 1.807) is 11.1 Å². The predicted molar refractivity (Wildman–Crippen MR) is 72.1 cm³/mol. The number of aryl methyl sites for hydroxylation is 2. The van der Waals surface area contributed by atoms with Crippen molar-refractivity contribution in [2.75, 3.05) is 6.54 Å². The summed E-state index contributed by atoms with van der Waals surface area (Å²) in [6, 6.07) is 7.55. The molecule has 2 atom stereocenters. The maximum atomic E-state index is 3.79. The van der Waals surface area contributed by atoms with Gasteiger partial charge < -0.3 is 5.32 Å². The van der Waals surface area contributed by atoms with Gasteiger partial charge in [0.25, 0.3) is 0 Å². The standard InChI is InChI=1S/C16H23N/c1-11-3-4-14-7-8-16(15(14)9-11)17-10-12(2)13-5-6-13/h3-4,9,12-13,16-17H,5-8,10H2,1-2H3. The van der Waals surface area contributed by atoms with E-state index >= 15 is 0 Å². The minimum absolute atomic E-state index is 0.617. The van der Waals surface area contributed by atoms with Crippen molar-refractivity contribution in [3.05, 3.63) is 34.9 Å². The highest BCUT2D eigenvalue weighted by Gasteiger charge is 2.29. The highest BCUT2D eigenvalue weighted by molar-refractivity contribution is 5.37. The molecule has 1 heteroatoms. The van der Waals surface area contributed by atoms with Gasteiger partial charge in [-0.2, -0.15) is 0 Å². The third kappa shape index (κ3) is 2.40. The first-order valence-electron chi connectivity index (χ1n) is 7.07. The van der Waals surface area contributed by atoms with Gasteiger partial charge in [-0.25, -0.2) is 0 Å². The first kappa shape index (κ1) is 11.3. The second-order valence-corrected chi connectivity index (χ2v) is 6.02. The van der Waals surface area contributed by atoms with Crippen LogP contribution in [-0.4, -0.2) is 6.54 Å². The topological polar surface area (TPSA) is 12.0 Å². The van der Waals surface area contributed by atoms with E-state index in [-0.39, 0.29) is 0 Å². The van der Waals surface area contributed by atoms with Gasteiger partial charge in [-0.05, 0) is 62.1 Å². The Balaban J connectivity index is 1.64. The smallest absolute Gasteiger partial charge is 0.0326 e. The molecule has 1 fully saturated rings. The molecule has 0 amide bonds. The number of nitrogens with one attached hydrogen (secondary N) is 1. The Bertz CT molecular complexity index is 406. The number of rotatable bonds is 4. The van der Waals surface area contributed by atoms with Gasteiger partial charge in [-0.3, -0.25) is 0 Å². The van der Waals surface area contributed by atoms with Crippen LogP contribution >= 0.6 is 0 Å². The fraction of sp³-hybridized carbons (Fsp3) is 0.625. The largest absolute Gasteiger partial charge is 0.310 e. The first-order valence-corrected chi connectivity index (χ1v) is 7.07. The Labute approximate surface area is 105 Å². The van der Waals surface area contributed by atoms with Crippen LogP contribution < -0.4 is 5.32 Å². The van der Waals surface area contributed by atoms with E-state index in [4.69, 9.17) is 0 Å². The molecular weight excluding hydrogens is 206 g/mol. The average Bonchev–Trinajstić information content (AvgIpc) is 3.09. The molecular formula is C16H23N. The maximum absolute atomic E-state index is 3.79. The predicted octanol–water partition coefficient (Wildman–Crippen LogP) is 3.62. The van der Waals surface area contributed by atoms with E-state index in [0.29, 0.717) is 6.04 Å². The van der Waals surface area contributed by atoms with Gasteiger partial charge in [0, 0.05) is 6.04 Å². The van der Waals surface area contributed by atoms with Crippen LogP contribution in [0.25, 0.3) is 0 Å². The normalized spacial score (nSPS) is 24.7. The van der Waals surface area contributed by atoms with Gasteiger partial charge in [-0.15, -0.1) is 0 Å². The van der Waals surface area contributed by atoms with Crippen LogP contribution in [0, 0.1) is 18.8 Å². The lowest BCUT2D eigenvalue weighted by Gasteiger charge is -2.18. The molecule has 2 aliphatic rings. The van der Waals surface area contributed by atoms with Crippen molar-refractivity contribution in [1.29, 1.82) is 0 Å². The molecule has 17 heavy (non-hydrogen) atoms. The van der Waals surface area contributed by atoms with Gasteiger partial charge >= 0.3 is 0 Å². The molecule has 0 spiro atoms. The average molecular weight is 229 g/mol. The van der Waals surface area contributed by atoms with E-state index in [1.165, 1.54) is 37.8 Å². The summed E-state index contributed by atoms with van der Waals surface area (Å²) in [6.07, 6.45) is 5.47. The molecule has 1 aromatic rings. The highest BCUT2D eigenvalue weighted by atomic mass is 14.9. The molecule has 1 saturated carbocycles. The third-order valence-electron chi connectivity index (χ3n) is 4.49. The molecule has 0 bridgehead atoms. The van der Waals surface area contributed by atoms with Crippen LogP contribution in [0.5, 0.6) is 0 Å². The molecule has 0 heterocycles. The zero-order valence-electron chi connectivity index (χ0n) is 11.0. The molecule has 1 nitrogen and oxygen atoms in total. The lowest BCUT2D eigenvalue weighted by Crippen LogP contribution is -2.25. The SMILES string of the molecule is Cc1ccc2c(c1)C(NCC(C)C1CC1)CC2. The molecule has 92 valence electrons. The maximum Gasteiger partial charge on any atom is 0.0326 e. The van der Waals surface area contributed by atoms with Crippen LogP contribution in [0.1, 0.15) is 48.9 Å².